The SMILES string of the molecule is CC(C)c1nn(C)c(N(C)CCC#N)c1[N+](=O)[O-]. The summed E-state index contributed by atoms with van der Waals surface area (Å²) in [5, 5.41) is 24.0. The topological polar surface area (TPSA) is 88.0 Å². The molecule has 0 fully saturated rings. The van der Waals surface area contributed by atoms with Crippen molar-refractivity contribution < 1.29 is 4.92 Å². The molecular formula is C11H17N5O2. The van der Waals surface area contributed by atoms with E-state index < -0.39 is 4.92 Å². The monoisotopic (exact) mass is 251 g/mol. The van der Waals surface area contributed by atoms with Gasteiger partial charge in [0.05, 0.1) is 17.4 Å². The lowest BCUT2D eigenvalue weighted by Gasteiger charge is -2.16. The number of hydrogen-bond acceptors (Lipinski definition) is 5. The van der Waals surface area contributed by atoms with Crippen LogP contribution < -0.4 is 4.90 Å². The third-order valence-corrected chi connectivity index (χ3v) is 2.67. The Bertz CT molecular complexity index is 486. The van der Waals surface area contributed by atoms with Crippen molar-refractivity contribution in [1.29, 1.82) is 5.26 Å². The first-order chi connectivity index (χ1) is 8.40. The average Bonchev–Trinajstić information content (AvgIpc) is 2.64. The maximum atomic E-state index is 11.2. The van der Waals surface area contributed by atoms with Gasteiger partial charge in [-0.2, -0.15) is 10.4 Å². The van der Waals surface area contributed by atoms with Gasteiger partial charge in [0, 0.05) is 26.6 Å². The van der Waals surface area contributed by atoms with Gasteiger partial charge in [0.1, 0.15) is 5.69 Å². The number of aryl methyl sites for hydroxylation is 1. The van der Waals surface area contributed by atoms with Crippen molar-refractivity contribution in [1.82, 2.24) is 9.78 Å². The molecule has 0 N–H and O–H groups in total. The fourth-order valence-electron chi connectivity index (χ4n) is 1.84. The fraction of sp³-hybridized carbons (Fsp3) is 0.636. The molecule has 0 aliphatic carbocycles. The van der Waals surface area contributed by atoms with Crippen LogP contribution in [0.1, 0.15) is 31.9 Å². The number of anilines is 1. The van der Waals surface area contributed by atoms with E-state index in [1.165, 1.54) is 4.68 Å². The Morgan fingerprint density at radius 1 is 1.61 bits per heavy atom. The number of aromatic nitrogens is 2. The highest BCUT2D eigenvalue weighted by Gasteiger charge is 2.30. The van der Waals surface area contributed by atoms with Crippen LogP contribution in [0.25, 0.3) is 0 Å². The summed E-state index contributed by atoms with van der Waals surface area (Å²) in [6.45, 7) is 4.18. The zero-order chi connectivity index (χ0) is 13.9. The first kappa shape index (κ1) is 14.0. The lowest BCUT2D eigenvalue weighted by Crippen LogP contribution is -2.21. The Balaban J connectivity index is 3.26. The molecule has 7 heteroatoms. The molecule has 0 aliphatic rings. The third kappa shape index (κ3) is 2.59. The predicted octanol–water partition coefficient (Wildman–Crippen LogP) is 1.80. The molecule has 1 rings (SSSR count). The maximum absolute atomic E-state index is 11.2. The molecule has 0 aliphatic heterocycles. The highest BCUT2D eigenvalue weighted by molar-refractivity contribution is 5.61. The Labute approximate surface area is 106 Å². The minimum atomic E-state index is -0.402. The number of hydrogen-bond donors (Lipinski definition) is 0. The largest absolute Gasteiger partial charge is 0.353 e. The van der Waals surface area contributed by atoms with Crippen LogP contribution in [0.3, 0.4) is 0 Å². The molecule has 1 aromatic rings. The van der Waals surface area contributed by atoms with Crippen LogP contribution in [-0.2, 0) is 7.05 Å². The Kier molecular flexibility index (Phi) is 4.26. The van der Waals surface area contributed by atoms with Crippen molar-refractivity contribution >= 4 is 11.5 Å². The molecule has 0 saturated heterocycles. The second-order valence-electron chi connectivity index (χ2n) is 4.42. The molecule has 1 heterocycles. The second-order valence-corrected chi connectivity index (χ2v) is 4.42. The summed E-state index contributed by atoms with van der Waals surface area (Å²) in [4.78, 5) is 12.5. The predicted molar refractivity (Wildman–Crippen MR) is 67.5 cm³/mol. The molecule has 7 nitrogen and oxygen atoms in total. The highest BCUT2D eigenvalue weighted by Crippen LogP contribution is 2.34. The van der Waals surface area contributed by atoms with E-state index in [1.54, 1.807) is 19.0 Å². The molecule has 0 amide bonds. The van der Waals surface area contributed by atoms with E-state index in [2.05, 4.69) is 5.10 Å². The fourth-order valence-corrected chi connectivity index (χ4v) is 1.84. The van der Waals surface area contributed by atoms with Crippen molar-refractivity contribution in [2.45, 2.75) is 26.2 Å². The summed E-state index contributed by atoms with van der Waals surface area (Å²) in [6, 6.07) is 2.02. The van der Waals surface area contributed by atoms with Crippen LogP contribution in [0.15, 0.2) is 0 Å². The smallest absolute Gasteiger partial charge is 0.334 e. The summed E-state index contributed by atoms with van der Waals surface area (Å²) in [5.41, 5.74) is 0.509. The van der Waals surface area contributed by atoms with Crippen molar-refractivity contribution in [3.05, 3.63) is 15.8 Å². The molecule has 0 spiro atoms. The standard InChI is InChI=1S/C11H17N5O2/c1-8(2)9-10(16(17)18)11(15(4)13-9)14(3)7-5-6-12/h8H,5,7H2,1-4H3. The van der Waals surface area contributed by atoms with Gasteiger partial charge in [-0.15, -0.1) is 0 Å². The number of nitro groups is 1. The van der Waals surface area contributed by atoms with Gasteiger partial charge in [0.15, 0.2) is 0 Å². The van der Waals surface area contributed by atoms with E-state index >= 15 is 0 Å². The van der Waals surface area contributed by atoms with Crippen molar-refractivity contribution in [3.63, 3.8) is 0 Å². The first-order valence-corrected chi connectivity index (χ1v) is 5.69. The minimum Gasteiger partial charge on any atom is -0.353 e. The quantitative estimate of drug-likeness (QED) is 0.588. The third-order valence-electron chi connectivity index (χ3n) is 2.67. The summed E-state index contributed by atoms with van der Waals surface area (Å²) in [5.74, 6) is 0.425. The zero-order valence-electron chi connectivity index (χ0n) is 11.0. The molecule has 1 aromatic heterocycles. The molecular weight excluding hydrogens is 234 g/mol. The van der Waals surface area contributed by atoms with Crippen LogP contribution in [0.4, 0.5) is 11.5 Å². The molecule has 0 aromatic carbocycles. The van der Waals surface area contributed by atoms with Gasteiger partial charge in [-0.1, -0.05) is 13.8 Å². The lowest BCUT2D eigenvalue weighted by atomic mass is 10.1. The van der Waals surface area contributed by atoms with Gasteiger partial charge >= 0.3 is 5.69 Å². The zero-order valence-corrected chi connectivity index (χ0v) is 11.0. The van der Waals surface area contributed by atoms with Crippen LogP contribution in [-0.4, -0.2) is 28.3 Å². The molecule has 0 saturated carbocycles. The molecule has 0 atom stereocenters. The van der Waals surface area contributed by atoms with E-state index in [9.17, 15) is 10.1 Å². The Hall–Kier alpha value is -2.10. The lowest BCUT2D eigenvalue weighted by molar-refractivity contribution is -0.385. The Morgan fingerprint density at radius 3 is 2.67 bits per heavy atom. The maximum Gasteiger partial charge on any atom is 0.334 e. The van der Waals surface area contributed by atoms with Crippen molar-refractivity contribution in [2.24, 2.45) is 7.05 Å². The number of nitriles is 1. The van der Waals surface area contributed by atoms with Gasteiger partial charge in [0.2, 0.25) is 5.82 Å². The van der Waals surface area contributed by atoms with E-state index in [4.69, 9.17) is 5.26 Å². The van der Waals surface area contributed by atoms with Crippen LogP contribution >= 0.6 is 0 Å². The molecule has 0 unspecified atom stereocenters. The molecule has 98 valence electrons. The van der Waals surface area contributed by atoms with Crippen LogP contribution in [0.2, 0.25) is 0 Å². The number of nitrogens with zero attached hydrogens (tertiary/aromatic N) is 5. The van der Waals surface area contributed by atoms with Crippen LogP contribution in [0, 0.1) is 21.4 Å². The molecule has 0 radical (unpaired) electrons. The summed E-state index contributed by atoms with van der Waals surface area (Å²) in [6.07, 6.45) is 0.315. The minimum absolute atomic E-state index is 0.0188. The normalized spacial score (nSPS) is 10.4. The van der Waals surface area contributed by atoms with Crippen molar-refractivity contribution in [3.8, 4) is 6.07 Å². The average molecular weight is 251 g/mol. The van der Waals surface area contributed by atoms with Gasteiger partial charge in [-0.05, 0) is 0 Å². The first-order valence-electron chi connectivity index (χ1n) is 5.69. The van der Waals surface area contributed by atoms with E-state index in [0.717, 1.165) is 0 Å². The molecule has 0 bridgehead atoms. The van der Waals surface area contributed by atoms with Gasteiger partial charge < -0.3 is 4.90 Å². The summed E-state index contributed by atoms with van der Waals surface area (Å²) >= 11 is 0. The van der Waals surface area contributed by atoms with Gasteiger partial charge in [-0.3, -0.25) is 10.1 Å². The van der Waals surface area contributed by atoms with Gasteiger partial charge in [0.25, 0.3) is 0 Å². The summed E-state index contributed by atoms with van der Waals surface area (Å²) < 4.78 is 1.50. The van der Waals surface area contributed by atoms with Gasteiger partial charge in [-0.25, -0.2) is 4.68 Å². The molecule has 18 heavy (non-hydrogen) atoms. The second kappa shape index (κ2) is 5.49. The van der Waals surface area contributed by atoms with Crippen molar-refractivity contribution in [2.75, 3.05) is 18.5 Å². The highest BCUT2D eigenvalue weighted by atomic mass is 16.6. The van der Waals surface area contributed by atoms with Crippen LogP contribution in [0.5, 0.6) is 0 Å². The Morgan fingerprint density at radius 2 is 2.22 bits per heavy atom. The van der Waals surface area contributed by atoms with E-state index in [1.807, 2.05) is 19.9 Å². The number of rotatable bonds is 5. The summed E-state index contributed by atoms with van der Waals surface area (Å²) in [7, 11) is 3.41. The van der Waals surface area contributed by atoms with E-state index in [-0.39, 0.29) is 11.6 Å². The van der Waals surface area contributed by atoms with E-state index in [0.29, 0.717) is 24.5 Å².